The third-order valence-corrected chi connectivity index (χ3v) is 3.87. The fraction of sp³-hybridized carbons (Fsp3) is 0.474. The number of nitrogens with one attached hydrogen (secondary N) is 1. The van der Waals surface area contributed by atoms with Crippen molar-refractivity contribution in [3.05, 3.63) is 47.7 Å². The van der Waals surface area contributed by atoms with Gasteiger partial charge in [0.15, 0.2) is 5.78 Å². The summed E-state index contributed by atoms with van der Waals surface area (Å²) in [5.41, 5.74) is 1.79. The van der Waals surface area contributed by atoms with Crippen LogP contribution in [0.25, 0.3) is 0 Å². The van der Waals surface area contributed by atoms with Gasteiger partial charge in [0.05, 0.1) is 6.61 Å². The summed E-state index contributed by atoms with van der Waals surface area (Å²) in [4.78, 5) is 24.2. The van der Waals surface area contributed by atoms with E-state index >= 15 is 0 Å². The van der Waals surface area contributed by atoms with Crippen molar-refractivity contribution in [1.82, 2.24) is 5.32 Å². The summed E-state index contributed by atoms with van der Waals surface area (Å²) in [7, 11) is 0. The standard InChI is InChI=1S/C19H25NO3/c1-4-23-18(22)17(10-14-8-6-5-7-9-14)20-15-11-16(21)13-19(2,3)12-15/h5-9,11,17,20H,4,10,12-13H2,1-3H3. The Morgan fingerprint density at radius 2 is 1.96 bits per heavy atom. The summed E-state index contributed by atoms with van der Waals surface area (Å²) in [6.07, 6.45) is 3.46. The Balaban J connectivity index is 2.14. The van der Waals surface area contributed by atoms with Crippen molar-refractivity contribution in [2.45, 2.75) is 46.1 Å². The largest absolute Gasteiger partial charge is 0.464 e. The summed E-state index contributed by atoms with van der Waals surface area (Å²) < 4.78 is 5.18. The van der Waals surface area contributed by atoms with E-state index in [4.69, 9.17) is 4.74 Å². The van der Waals surface area contributed by atoms with Crippen molar-refractivity contribution in [3.63, 3.8) is 0 Å². The molecular weight excluding hydrogens is 290 g/mol. The van der Waals surface area contributed by atoms with Crippen LogP contribution in [0.15, 0.2) is 42.1 Å². The minimum absolute atomic E-state index is 0.0832. The Morgan fingerprint density at radius 1 is 1.26 bits per heavy atom. The second-order valence-electron chi connectivity index (χ2n) is 6.79. The smallest absolute Gasteiger partial charge is 0.328 e. The molecule has 0 saturated carbocycles. The molecule has 4 nitrogen and oxygen atoms in total. The molecule has 2 rings (SSSR count). The Hall–Kier alpha value is -2.10. The molecule has 0 aliphatic heterocycles. The van der Waals surface area contributed by atoms with Gasteiger partial charge >= 0.3 is 5.97 Å². The van der Waals surface area contributed by atoms with Gasteiger partial charge in [0, 0.05) is 24.6 Å². The monoisotopic (exact) mass is 315 g/mol. The number of esters is 1. The van der Waals surface area contributed by atoms with Gasteiger partial charge in [-0.1, -0.05) is 44.2 Å². The van der Waals surface area contributed by atoms with Gasteiger partial charge < -0.3 is 10.1 Å². The summed E-state index contributed by atoms with van der Waals surface area (Å²) >= 11 is 0. The molecule has 1 unspecified atom stereocenters. The molecule has 1 aliphatic carbocycles. The summed E-state index contributed by atoms with van der Waals surface area (Å²) in [6, 6.07) is 9.33. The van der Waals surface area contributed by atoms with Gasteiger partial charge in [-0.25, -0.2) is 4.79 Å². The molecule has 1 aromatic carbocycles. The van der Waals surface area contributed by atoms with Gasteiger partial charge in [0.1, 0.15) is 6.04 Å². The quantitative estimate of drug-likeness (QED) is 0.820. The maximum atomic E-state index is 12.3. The van der Waals surface area contributed by atoms with Gasteiger partial charge in [-0.3, -0.25) is 4.79 Å². The van der Waals surface area contributed by atoms with Crippen LogP contribution >= 0.6 is 0 Å². The van der Waals surface area contributed by atoms with Gasteiger partial charge in [-0.05, 0) is 24.3 Å². The Kier molecular flexibility index (Phi) is 5.59. The molecular formula is C19H25NO3. The molecule has 0 heterocycles. The van der Waals surface area contributed by atoms with Crippen LogP contribution in [0.1, 0.15) is 39.2 Å². The lowest BCUT2D eigenvalue weighted by molar-refractivity contribution is -0.145. The van der Waals surface area contributed by atoms with E-state index in [1.807, 2.05) is 30.3 Å². The minimum atomic E-state index is -0.481. The summed E-state index contributed by atoms with van der Waals surface area (Å²) in [5, 5.41) is 3.24. The molecule has 0 radical (unpaired) electrons. The second kappa shape index (κ2) is 7.44. The van der Waals surface area contributed by atoms with E-state index in [0.717, 1.165) is 17.7 Å². The molecule has 23 heavy (non-hydrogen) atoms. The van der Waals surface area contributed by atoms with Gasteiger partial charge in [-0.15, -0.1) is 0 Å². The predicted octanol–water partition coefficient (Wildman–Crippen LogP) is 3.02. The topological polar surface area (TPSA) is 55.4 Å². The highest BCUT2D eigenvalue weighted by Crippen LogP contribution is 2.32. The van der Waals surface area contributed by atoms with E-state index in [1.54, 1.807) is 13.0 Å². The van der Waals surface area contributed by atoms with E-state index in [1.165, 1.54) is 0 Å². The average molecular weight is 315 g/mol. The van der Waals surface area contributed by atoms with E-state index < -0.39 is 6.04 Å². The molecule has 0 spiro atoms. The lowest BCUT2D eigenvalue weighted by atomic mass is 9.78. The zero-order valence-corrected chi connectivity index (χ0v) is 14.1. The first-order chi connectivity index (χ1) is 10.9. The first-order valence-corrected chi connectivity index (χ1v) is 8.10. The molecule has 0 amide bonds. The highest BCUT2D eigenvalue weighted by Gasteiger charge is 2.30. The Bertz CT molecular complexity index is 590. The number of ether oxygens (including phenoxy) is 1. The zero-order valence-electron chi connectivity index (χ0n) is 14.1. The maximum Gasteiger partial charge on any atom is 0.328 e. The van der Waals surface area contributed by atoms with Crippen LogP contribution in [0.5, 0.6) is 0 Å². The number of rotatable bonds is 6. The number of carbonyl (C=O) groups excluding carboxylic acids is 2. The lowest BCUT2D eigenvalue weighted by Crippen LogP contribution is -2.41. The van der Waals surface area contributed by atoms with Crippen LogP contribution in [-0.2, 0) is 20.7 Å². The third kappa shape index (κ3) is 5.23. The molecule has 4 heteroatoms. The Morgan fingerprint density at radius 3 is 2.57 bits per heavy atom. The van der Waals surface area contributed by atoms with E-state index in [-0.39, 0.29) is 17.2 Å². The maximum absolute atomic E-state index is 12.3. The number of allylic oxidation sites excluding steroid dienone is 2. The molecule has 1 N–H and O–H groups in total. The van der Waals surface area contributed by atoms with E-state index in [9.17, 15) is 9.59 Å². The zero-order chi connectivity index (χ0) is 16.9. The van der Waals surface area contributed by atoms with Gasteiger partial charge in [-0.2, -0.15) is 0 Å². The highest BCUT2D eigenvalue weighted by atomic mass is 16.5. The van der Waals surface area contributed by atoms with Crippen molar-refractivity contribution in [1.29, 1.82) is 0 Å². The molecule has 0 bridgehead atoms. The highest BCUT2D eigenvalue weighted by molar-refractivity contribution is 5.92. The first kappa shape index (κ1) is 17.3. The lowest BCUT2D eigenvalue weighted by Gasteiger charge is -2.31. The molecule has 1 aliphatic rings. The number of ketones is 1. The fourth-order valence-electron chi connectivity index (χ4n) is 2.95. The third-order valence-electron chi connectivity index (χ3n) is 3.87. The van der Waals surface area contributed by atoms with Crippen molar-refractivity contribution in [2.24, 2.45) is 5.41 Å². The second-order valence-corrected chi connectivity index (χ2v) is 6.79. The van der Waals surface area contributed by atoms with Crippen LogP contribution in [0.3, 0.4) is 0 Å². The van der Waals surface area contributed by atoms with E-state index in [2.05, 4.69) is 19.2 Å². The van der Waals surface area contributed by atoms with Crippen LogP contribution in [0.2, 0.25) is 0 Å². The minimum Gasteiger partial charge on any atom is -0.464 e. The van der Waals surface area contributed by atoms with Crippen LogP contribution < -0.4 is 5.32 Å². The predicted molar refractivity (Wildman–Crippen MR) is 89.8 cm³/mol. The van der Waals surface area contributed by atoms with Crippen LogP contribution in [-0.4, -0.2) is 24.4 Å². The summed E-state index contributed by atoms with van der Waals surface area (Å²) in [5.74, 6) is -0.181. The van der Waals surface area contributed by atoms with Gasteiger partial charge in [0.2, 0.25) is 0 Å². The van der Waals surface area contributed by atoms with Crippen LogP contribution in [0.4, 0.5) is 0 Å². The molecule has 0 aromatic heterocycles. The molecule has 1 atom stereocenters. The Labute approximate surface area is 137 Å². The normalized spacial score (nSPS) is 18.0. The molecule has 1 aromatic rings. The van der Waals surface area contributed by atoms with Crippen molar-refractivity contribution < 1.29 is 14.3 Å². The number of hydrogen-bond acceptors (Lipinski definition) is 4. The van der Waals surface area contributed by atoms with Crippen LogP contribution in [0, 0.1) is 5.41 Å². The van der Waals surface area contributed by atoms with Crippen molar-refractivity contribution in [3.8, 4) is 0 Å². The van der Waals surface area contributed by atoms with Crippen molar-refractivity contribution >= 4 is 11.8 Å². The average Bonchev–Trinajstić information content (AvgIpc) is 2.45. The fourth-order valence-corrected chi connectivity index (χ4v) is 2.95. The van der Waals surface area contributed by atoms with Crippen molar-refractivity contribution in [2.75, 3.05) is 6.61 Å². The van der Waals surface area contributed by atoms with E-state index in [0.29, 0.717) is 19.4 Å². The molecule has 124 valence electrons. The summed E-state index contributed by atoms with van der Waals surface area (Å²) in [6.45, 7) is 6.27. The number of hydrogen-bond donors (Lipinski definition) is 1. The SMILES string of the molecule is CCOC(=O)C(Cc1ccccc1)NC1=CC(=O)CC(C)(C)C1. The molecule has 0 saturated heterocycles. The number of carbonyl (C=O) groups is 2. The molecule has 0 fully saturated rings. The first-order valence-electron chi connectivity index (χ1n) is 8.10. The van der Waals surface area contributed by atoms with Gasteiger partial charge in [0.25, 0.3) is 0 Å². The number of benzene rings is 1.